The third-order valence-electron chi connectivity index (χ3n) is 5.62. The van der Waals surface area contributed by atoms with Crippen LogP contribution < -0.4 is 10.1 Å². The minimum absolute atomic E-state index is 0.0438. The summed E-state index contributed by atoms with van der Waals surface area (Å²) in [6, 6.07) is 8.14. The Morgan fingerprint density at radius 3 is 2.30 bits per heavy atom. The zero-order valence-corrected chi connectivity index (χ0v) is 20.4. The molecule has 2 aromatic heterocycles. The molecule has 0 atom stereocenters. The zero-order chi connectivity index (χ0) is 27.0. The highest BCUT2D eigenvalue weighted by atomic mass is 35.5. The molecular weight excluding hydrogens is 521 g/mol. The van der Waals surface area contributed by atoms with Gasteiger partial charge in [0.05, 0.1) is 29.2 Å². The first-order chi connectivity index (χ1) is 17.5. The van der Waals surface area contributed by atoms with Crippen molar-refractivity contribution < 1.29 is 35.9 Å². The predicted molar refractivity (Wildman–Crippen MR) is 124 cm³/mol. The number of nitrogens with one attached hydrogen (secondary N) is 1. The molecule has 0 unspecified atom stereocenters. The Labute approximate surface area is 212 Å². The van der Waals surface area contributed by atoms with Crippen LogP contribution in [0, 0.1) is 49.9 Å². The molecule has 0 aliphatic carbocycles. The first-order valence-corrected chi connectivity index (χ1v) is 11.2. The number of anilines is 1. The van der Waals surface area contributed by atoms with E-state index in [1.165, 1.54) is 19.9 Å². The summed E-state index contributed by atoms with van der Waals surface area (Å²) in [7, 11) is 0. The summed E-state index contributed by atoms with van der Waals surface area (Å²) in [4.78, 5) is 12.7. The number of hydrogen-bond acceptors (Lipinski definition) is 4. The number of ether oxygens (including phenoxy) is 1. The van der Waals surface area contributed by atoms with E-state index in [0.717, 1.165) is 10.2 Å². The third kappa shape index (κ3) is 5.17. The second kappa shape index (κ2) is 10.3. The molecule has 37 heavy (non-hydrogen) atoms. The summed E-state index contributed by atoms with van der Waals surface area (Å²) in [6.07, 6.45) is 0. The SMILES string of the molecule is Cc1cc(Cl)ccc1OCc1ccc(C(=O)Nc2c(C)nn(Cc3c(F)c(F)c(F)c(F)c3F)c2C)o1. The molecule has 1 N–H and O–H groups in total. The maximum Gasteiger partial charge on any atom is 0.291 e. The van der Waals surface area contributed by atoms with Gasteiger partial charge in [0.2, 0.25) is 5.82 Å². The lowest BCUT2D eigenvalue weighted by Gasteiger charge is -2.10. The van der Waals surface area contributed by atoms with Crippen molar-refractivity contribution in [3.63, 3.8) is 0 Å². The molecule has 0 aliphatic heterocycles. The second-order valence-corrected chi connectivity index (χ2v) is 8.61. The Bertz CT molecular complexity index is 1490. The highest BCUT2D eigenvalue weighted by Crippen LogP contribution is 2.27. The molecule has 0 fully saturated rings. The largest absolute Gasteiger partial charge is 0.485 e. The van der Waals surface area contributed by atoms with Gasteiger partial charge in [-0.1, -0.05) is 11.6 Å². The highest BCUT2D eigenvalue weighted by molar-refractivity contribution is 6.30. The minimum atomic E-state index is -2.24. The fourth-order valence-electron chi connectivity index (χ4n) is 3.65. The maximum absolute atomic E-state index is 14.1. The number of carbonyl (C=O) groups is 1. The monoisotopic (exact) mass is 539 g/mol. The number of halogens is 6. The van der Waals surface area contributed by atoms with Crippen molar-refractivity contribution in [1.82, 2.24) is 9.78 Å². The van der Waals surface area contributed by atoms with Gasteiger partial charge in [-0.05, 0) is 56.7 Å². The number of hydrogen-bond donors (Lipinski definition) is 1. The van der Waals surface area contributed by atoms with Gasteiger partial charge in [0.15, 0.2) is 29.0 Å². The van der Waals surface area contributed by atoms with Gasteiger partial charge in [0, 0.05) is 5.02 Å². The summed E-state index contributed by atoms with van der Waals surface area (Å²) in [6.45, 7) is 4.11. The molecule has 2 heterocycles. The van der Waals surface area contributed by atoms with Gasteiger partial charge in [-0.15, -0.1) is 0 Å². The summed E-state index contributed by atoms with van der Waals surface area (Å²) < 4.78 is 81.0. The zero-order valence-electron chi connectivity index (χ0n) is 19.7. The Kier molecular flexibility index (Phi) is 7.26. The van der Waals surface area contributed by atoms with Crippen molar-refractivity contribution in [1.29, 1.82) is 0 Å². The molecule has 0 spiro atoms. The number of furan rings is 1. The normalized spacial score (nSPS) is 11.2. The topological polar surface area (TPSA) is 69.3 Å². The first-order valence-electron chi connectivity index (χ1n) is 10.8. The van der Waals surface area contributed by atoms with Crippen LogP contribution in [0.2, 0.25) is 5.02 Å². The molecule has 0 saturated carbocycles. The van der Waals surface area contributed by atoms with Crippen LogP contribution in [0.3, 0.4) is 0 Å². The molecular formula is C25H19ClF5N3O3. The molecule has 4 rings (SSSR count). The lowest BCUT2D eigenvalue weighted by atomic mass is 10.1. The van der Waals surface area contributed by atoms with Crippen LogP contribution in [0.15, 0.2) is 34.7 Å². The van der Waals surface area contributed by atoms with Crippen LogP contribution in [0.5, 0.6) is 5.75 Å². The lowest BCUT2D eigenvalue weighted by molar-refractivity contribution is 0.0992. The van der Waals surface area contributed by atoms with Gasteiger partial charge in [-0.25, -0.2) is 22.0 Å². The van der Waals surface area contributed by atoms with Crippen LogP contribution in [0.25, 0.3) is 0 Å². The lowest BCUT2D eigenvalue weighted by Crippen LogP contribution is -2.14. The summed E-state index contributed by atoms with van der Waals surface area (Å²) >= 11 is 5.93. The van der Waals surface area contributed by atoms with Crippen molar-refractivity contribution in [3.05, 3.63) is 98.5 Å². The van der Waals surface area contributed by atoms with E-state index in [1.807, 2.05) is 6.92 Å². The van der Waals surface area contributed by atoms with E-state index in [0.29, 0.717) is 16.5 Å². The summed E-state index contributed by atoms with van der Waals surface area (Å²) in [5.41, 5.74) is 0.448. The van der Waals surface area contributed by atoms with Crippen LogP contribution in [0.1, 0.15) is 38.8 Å². The van der Waals surface area contributed by atoms with Crippen molar-refractivity contribution in [3.8, 4) is 5.75 Å². The fraction of sp³-hybridized carbons (Fsp3) is 0.200. The molecule has 1 amide bonds. The van der Waals surface area contributed by atoms with Gasteiger partial charge in [-0.3, -0.25) is 9.48 Å². The molecule has 0 saturated heterocycles. The highest BCUT2D eigenvalue weighted by Gasteiger charge is 2.27. The quantitative estimate of drug-likeness (QED) is 0.163. The van der Waals surface area contributed by atoms with Gasteiger partial charge in [0.1, 0.15) is 18.1 Å². The van der Waals surface area contributed by atoms with E-state index in [2.05, 4.69) is 10.4 Å². The fourth-order valence-corrected chi connectivity index (χ4v) is 3.87. The predicted octanol–water partition coefficient (Wildman–Crippen LogP) is 6.63. The first kappa shape index (κ1) is 26.2. The number of benzene rings is 2. The van der Waals surface area contributed by atoms with Crippen LogP contribution >= 0.6 is 11.6 Å². The molecule has 4 aromatic rings. The van der Waals surface area contributed by atoms with Gasteiger partial charge < -0.3 is 14.5 Å². The van der Waals surface area contributed by atoms with Crippen molar-refractivity contribution in [2.24, 2.45) is 0 Å². The molecule has 0 aliphatic rings. The van der Waals surface area contributed by atoms with E-state index in [4.69, 9.17) is 20.8 Å². The standard InChI is InChI=1S/C25H19ClF5N3O3/c1-11-8-14(26)4-6-17(11)36-10-15-5-7-18(37-15)25(35)32-24-12(2)33-34(13(24)3)9-16-19(27)21(29)23(31)22(30)20(16)28/h4-8H,9-10H2,1-3H3,(H,32,35). The van der Waals surface area contributed by atoms with E-state index in [-0.39, 0.29) is 29.4 Å². The third-order valence-corrected chi connectivity index (χ3v) is 5.86. The van der Waals surface area contributed by atoms with E-state index >= 15 is 0 Å². The average molecular weight is 540 g/mol. The van der Waals surface area contributed by atoms with Gasteiger partial charge in [0.25, 0.3) is 5.91 Å². The van der Waals surface area contributed by atoms with E-state index in [1.54, 1.807) is 24.3 Å². The number of carbonyl (C=O) groups excluding carboxylic acids is 1. The Morgan fingerprint density at radius 2 is 1.65 bits per heavy atom. The smallest absolute Gasteiger partial charge is 0.291 e. The molecule has 2 aromatic carbocycles. The van der Waals surface area contributed by atoms with Crippen molar-refractivity contribution in [2.75, 3.05) is 5.32 Å². The number of amides is 1. The van der Waals surface area contributed by atoms with Gasteiger partial charge >= 0.3 is 0 Å². The summed E-state index contributed by atoms with van der Waals surface area (Å²) in [5.74, 6) is -9.96. The van der Waals surface area contributed by atoms with Crippen LogP contribution in [-0.2, 0) is 13.2 Å². The summed E-state index contributed by atoms with van der Waals surface area (Å²) in [5, 5.41) is 7.24. The number of rotatable bonds is 7. The molecule has 0 bridgehead atoms. The average Bonchev–Trinajstić information content (AvgIpc) is 3.44. The molecule has 12 heteroatoms. The second-order valence-electron chi connectivity index (χ2n) is 8.17. The van der Waals surface area contributed by atoms with Crippen LogP contribution in [0.4, 0.5) is 27.6 Å². The number of aromatic nitrogens is 2. The van der Waals surface area contributed by atoms with E-state index in [9.17, 15) is 26.7 Å². The van der Waals surface area contributed by atoms with Crippen molar-refractivity contribution in [2.45, 2.75) is 33.9 Å². The maximum atomic E-state index is 14.1. The van der Waals surface area contributed by atoms with Crippen LogP contribution in [-0.4, -0.2) is 15.7 Å². The molecule has 6 nitrogen and oxygen atoms in total. The van der Waals surface area contributed by atoms with E-state index < -0.39 is 47.1 Å². The van der Waals surface area contributed by atoms with Gasteiger partial charge in [-0.2, -0.15) is 5.10 Å². The molecule has 0 radical (unpaired) electrons. The number of aryl methyl sites for hydroxylation is 2. The minimum Gasteiger partial charge on any atom is -0.485 e. The number of nitrogens with zero attached hydrogens (tertiary/aromatic N) is 2. The molecule has 194 valence electrons. The Hall–Kier alpha value is -3.86. The van der Waals surface area contributed by atoms with Crippen molar-refractivity contribution >= 4 is 23.2 Å². The Balaban J connectivity index is 1.48. The Morgan fingerprint density at radius 1 is 1.00 bits per heavy atom.